The maximum atomic E-state index is 3.69. The van der Waals surface area contributed by atoms with Crippen molar-refractivity contribution in [1.82, 2.24) is 5.32 Å². The Morgan fingerprint density at radius 2 is 1.89 bits per heavy atom. The van der Waals surface area contributed by atoms with E-state index in [1.54, 1.807) is 0 Å². The van der Waals surface area contributed by atoms with E-state index in [0.717, 1.165) is 12.5 Å². The molecule has 1 aromatic carbocycles. The Morgan fingerprint density at radius 1 is 1.17 bits per heavy atom. The minimum Gasteiger partial charge on any atom is -0.314 e. The van der Waals surface area contributed by atoms with Crippen LogP contribution in [0.15, 0.2) is 24.3 Å². The smallest absolute Gasteiger partial charge is 0.00726 e. The number of benzene rings is 1. The van der Waals surface area contributed by atoms with Crippen LogP contribution in [0.1, 0.15) is 51.2 Å². The lowest BCUT2D eigenvalue weighted by atomic mass is 9.95. The van der Waals surface area contributed by atoms with E-state index in [0.29, 0.717) is 6.04 Å². The first-order valence-corrected chi connectivity index (χ1v) is 7.41. The third-order valence-electron chi connectivity index (χ3n) is 3.46. The maximum absolute atomic E-state index is 3.69. The Hall–Kier alpha value is -0.820. The molecule has 1 nitrogen and oxygen atoms in total. The molecular weight excluding hydrogens is 218 g/mol. The fourth-order valence-corrected chi connectivity index (χ4v) is 2.44. The Morgan fingerprint density at radius 3 is 2.50 bits per heavy atom. The number of nitrogens with one attached hydrogen (secondary N) is 1. The average molecular weight is 247 g/mol. The van der Waals surface area contributed by atoms with E-state index in [1.165, 1.54) is 36.8 Å². The highest BCUT2D eigenvalue weighted by molar-refractivity contribution is 5.25. The highest BCUT2D eigenvalue weighted by atomic mass is 14.9. The topological polar surface area (TPSA) is 12.0 Å². The highest BCUT2D eigenvalue weighted by Gasteiger charge is 2.10. The van der Waals surface area contributed by atoms with Gasteiger partial charge in [0.05, 0.1) is 0 Å². The molecule has 1 rings (SSSR count). The van der Waals surface area contributed by atoms with Crippen LogP contribution in [0.4, 0.5) is 0 Å². The van der Waals surface area contributed by atoms with Gasteiger partial charge in [0, 0.05) is 6.04 Å². The maximum Gasteiger partial charge on any atom is 0.00726 e. The molecule has 0 heterocycles. The van der Waals surface area contributed by atoms with Gasteiger partial charge >= 0.3 is 0 Å². The van der Waals surface area contributed by atoms with Crippen LogP contribution in [-0.2, 0) is 6.42 Å². The van der Waals surface area contributed by atoms with Crippen LogP contribution in [0, 0.1) is 12.8 Å². The van der Waals surface area contributed by atoms with Crippen LogP contribution in [-0.4, -0.2) is 12.6 Å². The van der Waals surface area contributed by atoms with Crippen molar-refractivity contribution < 1.29 is 0 Å². The number of hydrogen-bond acceptors (Lipinski definition) is 1. The second-order valence-electron chi connectivity index (χ2n) is 5.75. The van der Waals surface area contributed by atoms with Crippen molar-refractivity contribution in [2.75, 3.05) is 6.54 Å². The van der Waals surface area contributed by atoms with Crippen LogP contribution >= 0.6 is 0 Å². The molecule has 0 aliphatic heterocycles. The third kappa shape index (κ3) is 5.68. The lowest BCUT2D eigenvalue weighted by Gasteiger charge is -2.21. The van der Waals surface area contributed by atoms with E-state index < -0.39 is 0 Å². The summed E-state index contributed by atoms with van der Waals surface area (Å²) in [4.78, 5) is 0. The molecule has 1 unspecified atom stereocenters. The van der Waals surface area contributed by atoms with Crippen LogP contribution in [0.5, 0.6) is 0 Å². The van der Waals surface area contributed by atoms with Gasteiger partial charge in [0.2, 0.25) is 0 Å². The molecule has 0 saturated heterocycles. The van der Waals surface area contributed by atoms with Crippen LogP contribution in [0.2, 0.25) is 0 Å². The van der Waals surface area contributed by atoms with Crippen molar-refractivity contribution in [1.29, 1.82) is 0 Å². The largest absolute Gasteiger partial charge is 0.314 e. The Kier molecular flexibility index (Phi) is 7.04. The average Bonchev–Trinajstić information content (AvgIpc) is 2.34. The van der Waals surface area contributed by atoms with Gasteiger partial charge in [-0.2, -0.15) is 0 Å². The SMILES string of the molecule is CCCNC(CCc1ccccc1C)CC(C)C. The van der Waals surface area contributed by atoms with Gasteiger partial charge in [-0.3, -0.25) is 0 Å². The van der Waals surface area contributed by atoms with Crippen molar-refractivity contribution in [3.8, 4) is 0 Å². The van der Waals surface area contributed by atoms with E-state index in [-0.39, 0.29) is 0 Å². The molecule has 0 aromatic heterocycles. The Labute approximate surface area is 113 Å². The zero-order valence-corrected chi connectivity index (χ0v) is 12.5. The van der Waals surface area contributed by atoms with Gasteiger partial charge in [-0.15, -0.1) is 0 Å². The zero-order chi connectivity index (χ0) is 13.4. The predicted molar refractivity (Wildman–Crippen MR) is 81.0 cm³/mol. The predicted octanol–water partition coefficient (Wildman–Crippen LogP) is 4.34. The third-order valence-corrected chi connectivity index (χ3v) is 3.46. The molecule has 102 valence electrons. The molecule has 1 atom stereocenters. The van der Waals surface area contributed by atoms with Gasteiger partial charge in [0.15, 0.2) is 0 Å². The number of hydrogen-bond donors (Lipinski definition) is 1. The Bertz CT molecular complexity index is 330. The minimum absolute atomic E-state index is 0.671. The van der Waals surface area contributed by atoms with E-state index in [9.17, 15) is 0 Å². The molecule has 18 heavy (non-hydrogen) atoms. The van der Waals surface area contributed by atoms with Crippen molar-refractivity contribution in [3.05, 3.63) is 35.4 Å². The molecule has 0 fully saturated rings. The molecule has 0 amide bonds. The molecule has 0 radical (unpaired) electrons. The van der Waals surface area contributed by atoms with Gasteiger partial charge in [-0.05, 0) is 56.2 Å². The highest BCUT2D eigenvalue weighted by Crippen LogP contribution is 2.14. The monoisotopic (exact) mass is 247 g/mol. The molecule has 0 aliphatic rings. The molecule has 1 aromatic rings. The van der Waals surface area contributed by atoms with E-state index in [2.05, 4.69) is 57.3 Å². The summed E-state index contributed by atoms with van der Waals surface area (Å²) in [6.45, 7) is 10.2. The first-order valence-electron chi connectivity index (χ1n) is 7.41. The molecule has 1 N–H and O–H groups in total. The fraction of sp³-hybridized carbons (Fsp3) is 0.647. The normalized spacial score (nSPS) is 12.9. The first-order chi connectivity index (χ1) is 8.63. The lowest BCUT2D eigenvalue weighted by molar-refractivity contribution is 0.398. The minimum atomic E-state index is 0.671. The van der Waals surface area contributed by atoms with Gasteiger partial charge in [0.25, 0.3) is 0 Å². The van der Waals surface area contributed by atoms with Gasteiger partial charge < -0.3 is 5.32 Å². The standard InChI is InChI=1S/C17H29N/c1-5-12-18-17(13-14(2)3)11-10-16-9-7-6-8-15(16)4/h6-9,14,17-18H,5,10-13H2,1-4H3. The van der Waals surface area contributed by atoms with E-state index in [1.807, 2.05) is 0 Å². The van der Waals surface area contributed by atoms with Crippen LogP contribution in [0.3, 0.4) is 0 Å². The molecule has 0 saturated carbocycles. The second kappa shape index (κ2) is 8.31. The summed E-state index contributed by atoms with van der Waals surface area (Å²) in [5, 5.41) is 3.69. The summed E-state index contributed by atoms with van der Waals surface area (Å²) >= 11 is 0. The summed E-state index contributed by atoms with van der Waals surface area (Å²) in [5.74, 6) is 0.774. The molecule has 0 bridgehead atoms. The van der Waals surface area contributed by atoms with Crippen molar-refractivity contribution in [3.63, 3.8) is 0 Å². The van der Waals surface area contributed by atoms with Gasteiger partial charge in [0.1, 0.15) is 0 Å². The van der Waals surface area contributed by atoms with Gasteiger partial charge in [-0.1, -0.05) is 45.0 Å². The summed E-state index contributed by atoms with van der Waals surface area (Å²) in [5.41, 5.74) is 2.93. The summed E-state index contributed by atoms with van der Waals surface area (Å²) < 4.78 is 0. The quantitative estimate of drug-likeness (QED) is 0.720. The number of aryl methyl sites for hydroxylation is 2. The summed E-state index contributed by atoms with van der Waals surface area (Å²) in [6, 6.07) is 9.43. The van der Waals surface area contributed by atoms with Crippen LogP contribution in [0.25, 0.3) is 0 Å². The van der Waals surface area contributed by atoms with E-state index in [4.69, 9.17) is 0 Å². The molecule has 0 spiro atoms. The second-order valence-corrected chi connectivity index (χ2v) is 5.75. The van der Waals surface area contributed by atoms with Crippen molar-refractivity contribution >= 4 is 0 Å². The molecule has 1 heteroatoms. The van der Waals surface area contributed by atoms with Crippen LogP contribution < -0.4 is 5.32 Å². The lowest BCUT2D eigenvalue weighted by Crippen LogP contribution is -2.31. The zero-order valence-electron chi connectivity index (χ0n) is 12.5. The first kappa shape index (κ1) is 15.2. The van der Waals surface area contributed by atoms with E-state index >= 15 is 0 Å². The van der Waals surface area contributed by atoms with Gasteiger partial charge in [-0.25, -0.2) is 0 Å². The Balaban J connectivity index is 2.47. The van der Waals surface area contributed by atoms with Crippen molar-refractivity contribution in [2.45, 2.75) is 59.4 Å². The molecule has 0 aliphatic carbocycles. The van der Waals surface area contributed by atoms with Crippen molar-refractivity contribution in [2.24, 2.45) is 5.92 Å². The molecular formula is C17H29N. The number of rotatable bonds is 8. The summed E-state index contributed by atoms with van der Waals surface area (Å²) in [7, 11) is 0. The fourth-order valence-electron chi connectivity index (χ4n) is 2.44. The summed E-state index contributed by atoms with van der Waals surface area (Å²) in [6.07, 6.45) is 4.95.